The number of nitrogens with one attached hydrogen (secondary N) is 1. The molecule has 1 aromatic heterocycles. The molecule has 0 unspecified atom stereocenters. The highest BCUT2D eigenvalue weighted by Gasteiger charge is 2.10. The second kappa shape index (κ2) is 8.07. The molecule has 0 saturated heterocycles. The number of carbonyl (C=O) groups excluding carboxylic acids is 1. The number of aromatic nitrogens is 2. The number of hydrogen-bond donors (Lipinski definition) is 3. The topological polar surface area (TPSA) is 127 Å². The van der Waals surface area contributed by atoms with Gasteiger partial charge in [0.25, 0.3) is 5.91 Å². The Hall–Kier alpha value is -3.78. The van der Waals surface area contributed by atoms with Gasteiger partial charge in [-0.25, -0.2) is 9.78 Å². The molecule has 0 atom stereocenters. The summed E-state index contributed by atoms with van der Waals surface area (Å²) in [6, 6.07) is 14.2. The average molecular weight is 364 g/mol. The zero-order valence-electron chi connectivity index (χ0n) is 14.1. The molecule has 0 fully saturated rings. The van der Waals surface area contributed by atoms with Crippen LogP contribution in [0.1, 0.15) is 26.4 Å². The van der Waals surface area contributed by atoms with E-state index < -0.39 is 5.97 Å². The van der Waals surface area contributed by atoms with Gasteiger partial charge in [0.1, 0.15) is 5.75 Å². The highest BCUT2D eigenvalue weighted by atomic mass is 16.5. The van der Waals surface area contributed by atoms with Gasteiger partial charge < -0.3 is 20.9 Å². The van der Waals surface area contributed by atoms with Gasteiger partial charge in [-0.1, -0.05) is 6.07 Å². The normalized spacial score (nSPS) is 10.3. The number of nitrogens with zero attached hydrogens (tertiary/aromatic N) is 2. The molecule has 1 heterocycles. The first kappa shape index (κ1) is 18.0. The fourth-order valence-electron chi connectivity index (χ4n) is 2.24. The molecule has 0 aliphatic heterocycles. The number of rotatable bonds is 6. The van der Waals surface area contributed by atoms with Crippen LogP contribution in [-0.4, -0.2) is 27.0 Å². The third-order valence-electron chi connectivity index (χ3n) is 3.60. The van der Waals surface area contributed by atoms with Crippen molar-refractivity contribution >= 4 is 17.6 Å². The summed E-state index contributed by atoms with van der Waals surface area (Å²) in [4.78, 5) is 31.4. The Kier molecular flexibility index (Phi) is 5.38. The van der Waals surface area contributed by atoms with Crippen LogP contribution < -0.4 is 15.8 Å². The van der Waals surface area contributed by atoms with Gasteiger partial charge >= 0.3 is 12.0 Å². The minimum absolute atomic E-state index is 0.139. The number of aromatic carboxylic acids is 1. The first-order chi connectivity index (χ1) is 13.0. The van der Waals surface area contributed by atoms with Crippen molar-refractivity contribution in [1.29, 1.82) is 0 Å². The maximum absolute atomic E-state index is 12.4. The van der Waals surface area contributed by atoms with Gasteiger partial charge in [-0.05, 0) is 48.5 Å². The molecule has 2 aromatic carbocycles. The number of anilines is 1. The fourth-order valence-corrected chi connectivity index (χ4v) is 2.24. The largest absolute Gasteiger partial charge is 0.478 e. The van der Waals surface area contributed by atoms with Gasteiger partial charge in [-0.3, -0.25) is 4.79 Å². The van der Waals surface area contributed by atoms with Gasteiger partial charge in [0, 0.05) is 24.0 Å². The van der Waals surface area contributed by atoms with E-state index >= 15 is 0 Å². The fraction of sp³-hybridized carbons (Fsp3) is 0.0526. The summed E-state index contributed by atoms with van der Waals surface area (Å²) in [5.41, 5.74) is 7.17. The Balaban J connectivity index is 1.72. The third kappa shape index (κ3) is 4.65. The molecule has 0 spiro atoms. The molecule has 8 heteroatoms. The predicted octanol–water partition coefficient (Wildman–Crippen LogP) is 2.68. The number of carboxylic acids is 1. The summed E-state index contributed by atoms with van der Waals surface area (Å²) in [6.45, 7) is 0.266. The van der Waals surface area contributed by atoms with Crippen LogP contribution in [0.4, 0.5) is 5.69 Å². The van der Waals surface area contributed by atoms with E-state index in [1.807, 2.05) is 0 Å². The van der Waals surface area contributed by atoms with E-state index in [-0.39, 0.29) is 24.0 Å². The van der Waals surface area contributed by atoms with Gasteiger partial charge in [0.2, 0.25) is 0 Å². The first-order valence-corrected chi connectivity index (χ1v) is 8.00. The van der Waals surface area contributed by atoms with Crippen molar-refractivity contribution in [2.24, 2.45) is 5.73 Å². The van der Waals surface area contributed by atoms with Crippen LogP contribution in [0.2, 0.25) is 0 Å². The Morgan fingerprint density at radius 3 is 2.56 bits per heavy atom. The van der Waals surface area contributed by atoms with Crippen molar-refractivity contribution in [3.8, 4) is 11.8 Å². The van der Waals surface area contributed by atoms with Crippen LogP contribution in [0.5, 0.6) is 11.8 Å². The van der Waals surface area contributed by atoms with E-state index in [0.29, 0.717) is 22.7 Å². The van der Waals surface area contributed by atoms with Crippen molar-refractivity contribution in [3.05, 3.63) is 77.6 Å². The van der Waals surface area contributed by atoms with E-state index in [1.165, 1.54) is 24.3 Å². The Morgan fingerprint density at radius 2 is 1.85 bits per heavy atom. The van der Waals surface area contributed by atoms with Crippen LogP contribution in [-0.2, 0) is 6.54 Å². The molecular weight excluding hydrogens is 348 g/mol. The lowest BCUT2D eigenvalue weighted by atomic mass is 10.1. The quantitative estimate of drug-likeness (QED) is 0.613. The van der Waals surface area contributed by atoms with E-state index in [0.717, 1.165) is 0 Å². The molecule has 27 heavy (non-hydrogen) atoms. The molecule has 0 aliphatic rings. The highest BCUT2D eigenvalue weighted by molar-refractivity contribution is 6.04. The third-order valence-corrected chi connectivity index (χ3v) is 3.60. The summed E-state index contributed by atoms with van der Waals surface area (Å²) in [5, 5.41) is 11.6. The number of nitrogens with two attached hydrogens (primary N) is 1. The monoisotopic (exact) mass is 364 g/mol. The lowest BCUT2D eigenvalue weighted by Crippen LogP contribution is -2.12. The molecule has 136 valence electrons. The van der Waals surface area contributed by atoms with Crippen LogP contribution >= 0.6 is 0 Å². The number of carboxylic acid groups (broad SMARTS) is 1. The zero-order chi connectivity index (χ0) is 19.2. The van der Waals surface area contributed by atoms with Gasteiger partial charge in [0.05, 0.1) is 11.3 Å². The van der Waals surface area contributed by atoms with Crippen LogP contribution in [0, 0.1) is 0 Å². The van der Waals surface area contributed by atoms with Crippen molar-refractivity contribution in [1.82, 2.24) is 9.97 Å². The standard InChI is InChI=1S/C19H16N4O4/c20-11-15-8-9-21-19(23-15)27-16-3-1-2-13(10-16)17(24)22-14-6-4-12(5-7-14)18(25)26/h1-10H,11,20H2,(H,22,24)(H,25,26). The minimum Gasteiger partial charge on any atom is -0.478 e. The van der Waals surface area contributed by atoms with Crippen LogP contribution in [0.3, 0.4) is 0 Å². The molecule has 4 N–H and O–H groups in total. The molecular formula is C19H16N4O4. The van der Waals surface area contributed by atoms with Crippen molar-refractivity contribution in [2.75, 3.05) is 5.32 Å². The summed E-state index contributed by atoms with van der Waals surface area (Å²) in [6.07, 6.45) is 1.54. The van der Waals surface area contributed by atoms with Gasteiger partial charge in [-0.15, -0.1) is 0 Å². The molecule has 3 rings (SSSR count). The second-order valence-corrected chi connectivity index (χ2v) is 5.50. The molecule has 0 bridgehead atoms. The summed E-state index contributed by atoms with van der Waals surface area (Å²) in [5.74, 6) is -0.989. The number of carbonyl (C=O) groups is 2. The minimum atomic E-state index is -1.03. The molecule has 3 aromatic rings. The maximum atomic E-state index is 12.4. The van der Waals surface area contributed by atoms with E-state index in [2.05, 4.69) is 15.3 Å². The number of benzene rings is 2. The zero-order valence-corrected chi connectivity index (χ0v) is 14.1. The van der Waals surface area contributed by atoms with Gasteiger partial charge in [0.15, 0.2) is 0 Å². The van der Waals surface area contributed by atoms with Crippen molar-refractivity contribution < 1.29 is 19.4 Å². The average Bonchev–Trinajstić information content (AvgIpc) is 2.68. The number of ether oxygens (including phenoxy) is 1. The van der Waals surface area contributed by atoms with Crippen LogP contribution in [0.15, 0.2) is 60.8 Å². The van der Waals surface area contributed by atoms with Gasteiger partial charge in [-0.2, -0.15) is 4.98 Å². The highest BCUT2D eigenvalue weighted by Crippen LogP contribution is 2.20. The summed E-state index contributed by atoms with van der Waals surface area (Å²) < 4.78 is 5.58. The number of hydrogen-bond acceptors (Lipinski definition) is 6. The SMILES string of the molecule is NCc1ccnc(Oc2cccc(C(=O)Nc3ccc(C(=O)O)cc3)c2)n1. The number of amides is 1. The lowest BCUT2D eigenvalue weighted by molar-refractivity contribution is 0.0696. The predicted molar refractivity (Wildman–Crippen MR) is 97.8 cm³/mol. The summed E-state index contributed by atoms with van der Waals surface area (Å²) >= 11 is 0. The molecule has 1 amide bonds. The summed E-state index contributed by atoms with van der Waals surface area (Å²) in [7, 11) is 0. The maximum Gasteiger partial charge on any atom is 0.335 e. The first-order valence-electron chi connectivity index (χ1n) is 8.00. The van der Waals surface area contributed by atoms with E-state index in [9.17, 15) is 9.59 Å². The Bertz CT molecular complexity index is 973. The van der Waals surface area contributed by atoms with E-state index in [4.69, 9.17) is 15.6 Å². The van der Waals surface area contributed by atoms with Crippen molar-refractivity contribution in [2.45, 2.75) is 6.54 Å². The van der Waals surface area contributed by atoms with Crippen molar-refractivity contribution in [3.63, 3.8) is 0 Å². The molecule has 8 nitrogen and oxygen atoms in total. The van der Waals surface area contributed by atoms with Crippen LogP contribution in [0.25, 0.3) is 0 Å². The molecule has 0 radical (unpaired) electrons. The molecule has 0 aliphatic carbocycles. The second-order valence-electron chi connectivity index (χ2n) is 5.50. The Labute approximate surface area is 154 Å². The lowest BCUT2D eigenvalue weighted by Gasteiger charge is -2.08. The van der Waals surface area contributed by atoms with E-state index in [1.54, 1.807) is 36.5 Å². The Morgan fingerprint density at radius 1 is 1.07 bits per heavy atom. The smallest absolute Gasteiger partial charge is 0.335 e. The molecule has 0 saturated carbocycles.